The number of benzene rings is 1. The van der Waals surface area contributed by atoms with Gasteiger partial charge in [-0.15, -0.1) is 24.0 Å². The monoisotopic (exact) mass is 470 g/mol. The van der Waals surface area contributed by atoms with Gasteiger partial charge in [0.25, 0.3) is 0 Å². The Labute approximate surface area is 172 Å². The van der Waals surface area contributed by atoms with Gasteiger partial charge in [0.15, 0.2) is 5.96 Å². The van der Waals surface area contributed by atoms with E-state index in [1.165, 1.54) is 5.56 Å². The van der Waals surface area contributed by atoms with Crippen LogP contribution < -0.4 is 5.32 Å². The Morgan fingerprint density at radius 2 is 2.12 bits per heavy atom. The first-order valence-electron chi connectivity index (χ1n) is 8.66. The van der Waals surface area contributed by atoms with E-state index in [0.29, 0.717) is 18.4 Å². The summed E-state index contributed by atoms with van der Waals surface area (Å²) in [5.41, 5.74) is 3.06. The molecule has 1 N–H and O–H groups in total. The van der Waals surface area contributed by atoms with E-state index in [-0.39, 0.29) is 24.0 Å². The van der Waals surface area contributed by atoms with Gasteiger partial charge in [-0.3, -0.25) is 4.99 Å². The number of ether oxygens (including phenoxy) is 1. The second-order valence-corrected chi connectivity index (χ2v) is 6.52. The fourth-order valence-corrected chi connectivity index (χ4v) is 2.97. The lowest BCUT2D eigenvalue weighted by Gasteiger charge is -2.24. The summed E-state index contributed by atoms with van der Waals surface area (Å²) in [4.78, 5) is 11.0. The molecule has 0 amide bonds. The molecule has 2 heterocycles. The van der Waals surface area contributed by atoms with Crippen molar-refractivity contribution in [1.82, 2.24) is 15.2 Å². The minimum absolute atomic E-state index is 0. The highest BCUT2D eigenvalue weighted by atomic mass is 127. The highest BCUT2D eigenvalue weighted by Gasteiger charge is 2.19. The van der Waals surface area contributed by atoms with Crippen molar-refractivity contribution in [2.45, 2.75) is 19.9 Å². The van der Waals surface area contributed by atoms with Crippen molar-refractivity contribution in [3.05, 3.63) is 41.8 Å². The fourth-order valence-electron chi connectivity index (χ4n) is 2.97. The van der Waals surface area contributed by atoms with Gasteiger partial charge in [-0.25, -0.2) is 4.98 Å². The molecule has 1 saturated heterocycles. The molecule has 0 radical (unpaired) electrons. The van der Waals surface area contributed by atoms with Gasteiger partial charge in [0.1, 0.15) is 6.26 Å². The van der Waals surface area contributed by atoms with Crippen LogP contribution in [-0.4, -0.2) is 49.7 Å². The van der Waals surface area contributed by atoms with Crippen LogP contribution in [0.15, 0.2) is 39.9 Å². The van der Waals surface area contributed by atoms with Crippen molar-refractivity contribution in [2.75, 3.05) is 33.9 Å². The van der Waals surface area contributed by atoms with Crippen LogP contribution in [0.25, 0.3) is 11.5 Å². The van der Waals surface area contributed by atoms with Gasteiger partial charge in [-0.2, -0.15) is 0 Å². The van der Waals surface area contributed by atoms with Crippen LogP contribution in [0.1, 0.15) is 17.7 Å². The van der Waals surface area contributed by atoms with E-state index < -0.39 is 0 Å². The summed E-state index contributed by atoms with van der Waals surface area (Å²) in [5, 5.41) is 3.35. The molecule has 0 saturated carbocycles. The molecule has 0 aliphatic carbocycles. The number of oxazole rings is 1. The smallest absolute Gasteiger partial charge is 0.226 e. The van der Waals surface area contributed by atoms with Gasteiger partial charge in [0, 0.05) is 38.7 Å². The second kappa shape index (κ2) is 9.91. The van der Waals surface area contributed by atoms with Crippen molar-refractivity contribution >= 4 is 29.9 Å². The number of hydrogen-bond donors (Lipinski definition) is 1. The number of aromatic nitrogens is 1. The average Bonchev–Trinajstić information content (AvgIpc) is 3.28. The maximum atomic E-state index is 5.60. The minimum Gasteiger partial charge on any atom is -0.444 e. The maximum Gasteiger partial charge on any atom is 0.226 e. The van der Waals surface area contributed by atoms with Gasteiger partial charge in [0.2, 0.25) is 5.89 Å². The lowest BCUT2D eigenvalue weighted by atomic mass is 10.1. The SMILES string of the molecule is CN=C(NCc1coc(-c2ccc(C)cc2)n1)N(C)CC1CCOC1.I. The van der Waals surface area contributed by atoms with Crippen LogP contribution in [0.5, 0.6) is 0 Å². The molecule has 142 valence electrons. The molecule has 2 aromatic rings. The molecule has 1 unspecified atom stereocenters. The summed E-state index contributed by atoms with van der Waals surface area (Å²) in [6, 6.07) is 8.16. The van der Waals surface area contributed by atoms with Crippen molar-refractivity contribution in [1.29, 1.82) is 0 Å². The van der Waals surface area contributed by atoms with E-state index in [1.807, 2.05) is 19.2 Å². The third-order valence-electron chi connectivity index (χ3n) is 4.41. The molecule has 0 bridgehead atoms. The first-order valence-corrected chi connectivity index (χ1v) is 8.66. The van der Waals surface area contributed by atoms with Crippen molar-refractivity contribution in [2.24, 2.45) is 10.9 Å². The number of rotatable bonds is 5. The molecular formula is C19H27IN4O2. The normalized spacial score (nSPS) is 17.0. The predicted molar refractivity (Wildman–Crippen MR) is 114 cm³/mol. The van der Waals surface area contributed by atoms with Crippen molar-refractivity contribution in [3.63, 3.8) is 0 Å². The quantitative estimate of drug-likeness (QED) is 0.413. The number of guanidine groups is 1. The standard InChI is InChI=1S/C19H26N4O2.HI/c1-14-4-6-16(7-5-14)18-22-17(13-25-18)10-21-19(20-2)23(3)11-15-8-9-24-12-15;/h4-7,13,15H,8-12H2,1-3H3,(H,20,21);1H. The molecule has 1 aromatic carbocycles. The highest BCUT2D eigenvalue weighted by molar-refractivity contribution is 14.0. The van der Waals surface area contributed by atoms with Crippen molar-refractivity contribution in [3.8, 4) is 11.5 Å². The summed E-state index contributed by atoms with van der Waals surface area (Å²) in [6.45, 7) is 5.28. The number of hydrogen-bond acceptors (Lipinski definition) is 4. The van der Waals surface area contributed by atoms with E-state index in [9.17, 15) is 0 Å². The molecule has 1 aliphatic heterocycles. The van der Waals surface area contributed by atoms with E-state index >= 15 is 0 Å². The Morgan fingerprint density at radius 3 is 2.77 bits per heavy atom. The molecule has 26 heavy (non-hydrogen) atoms. The Hall–Kier alpha value is -1.61. The molecule has 1 aliphatic rings. The number of nitrogens with one attached hydrogen (secondary N) is 1. The lowest BCUT2D eigenvalue weighted by Crippen LogP contribution is -2.41. The van der Waals surface area contributed by atoms with Gasteiger partial charge >= 0.3 is 0 Å². The summed E-state index contributed by atoms with van der Waals surface area (Å²) < 4.78 is 11.0. The summed E-state index contributed by atoms with van der Waals surface area (Å²) in [6.07, 6.45) is 2.81. The summed E-state index contributed by atoms with van der Waals surface area (Å²) >= 11 is 0. The van der Waals surface area contributed by atoms with Crippen LogP contribution in [-0.2, 0) is 11.3 Å². The highest BCUT2D eigenvalue weighted by Crippen LogP contribution is 2.19. The Balaban J connectivity index is 0.00000243. The van der Waals surface area contributed by atoms with E-state index in [0.717, 1.165) is 43.4 Å². The van der Waals surface area contributed by atoms with Crippen molar-refractivity contribution < 1.29 is 9.15 Å². The predicted octanol–water partition coefficient (Wildman–Crippen LogP) is 3.31. The van der Waals surface area contributed by atoms with E-state index in [2.05, 4.69) is 39.2 Å². The largest absolute Gasteiger partial charge is 0.444 e. The number of aryl methyl sites for hydroxylation is 1. The third-order valence-corrected chi connectivity index (χ3v) is 4.41. The van der Waals surface area contributed by atoms with Gasteiger partial charge in [0.05, 0.1) is 18.8 Å². The second-order valence-electron chi connectivity index (χ2n) is 6.52. The fraction of sp³-hybridized carbons (Fsp3) is 0.474. The van der Waals surface area contributed by atoms with Gasteiger partial charge < -0.3 is 19.4 Å². The lowest BCUT2D eigenvalue weighted by molar-refractivity contribution is 0.181. The summed E-state index contributed by atoms with van der Waals surface area (Å²) in [5.74, 6) is 2.07. The minimum atomic E-state index is 0. The number of nitrogens with zero attached hydrogens (tertiary/aromatic N) is 3. The molecule has 1 atom stereocenters. The Kier molecular flexibility index (Phi) is 7.89. The third kappa shape index (κ3) is 5.44. The molecular weight excluding hydrogens is 443 g/mol. The average molecular weight is 470 g/mol. The molecule has 7 heteroatoms. The Bertz CT molecular complexity index is 709. The molecule has 6 nitrogen and oxygen atoms in total. The zero-order chi connectivity index (χ0) is 17.6. The Morgan fingerprint density at radius 1 is 1.35 bits per heavy atom. The van der Waals surface area contributed by atoms with Crippen LogP contribution >= 0.6 is 24.0 Å². The van der Waals surface area contributed by atoms with E-state index in [1.54, 1.807) is 13.3 Å². The maximum absolute atomic E-state index is 5.60. The van der Waals surface area contributed by atoms with Gasteiger partial charge in [-0.05, 0) is 25.5 Å². The molecule has 1 fully saturated rings. The summed E-state index contributed by atoms with van der Waals surface area (Å²) in [7, 11) is 3.85. The number of aliphatic imine (C=N–C) groups is 1. The van der Waals surface area contributed by atoms with E-state index in [4.69, 9.17) is 9.15 Å². The van der Waals surface area contributed by atoms with Crippen LogP contribution in [0, 0.1) is 12.8 Å². The van der Waals surface area contributed by atoms with Crippen LogP contribution in [0.2, 0.25) is 0 Å². The van der Waals surface area contributed by atoms with Crippen LogP contribution in [0.4, 0.5) is 0 Å². The number of halogens is 1. The molecule has 0 spiro atoms. The zero-order valence-corrected chi connectivity index (χ0v) is 17.9. The molecule has 1 aromatic heterocycles. The van der Waals surface area contributed by atoms with Crippen LogP contribution in [0.3, 0.4) is 0 Å². The van der Waals surface area contributed by atoms with Gasteiger partial charge in [-0.1, -0.05) is 17.7 Å². The molecule has 3 rings (SSSR count). The first kappa shape index (κ1) is 20.7. The first-order chi connectivity index (χ1) is 12.2. The topological polar surface area (TPSA) is 62.9 Å². The zero-order valence-electron chi connectivity index (χ0n) is 15.6.